The smallest absolute Gasteiger partial charge is 0.258 e. The van der Waals surface area contributed by atoms with E-state index in [1.807, 2.05) is 19.1 Å². The predicted molar refractivity (Wildman–Crippen MR) is 75.5 cm³/mol. The topological polar surface area (TPSA) is 89.4 Å². The molecule has 3 aromatic rings. The summed E-state index contributed by atoms with van der Waals surface area (Å²) in [7, 11) is 1.77. The SMILES string of the molecule is Cc1cccc2c(=O)[nH]c(CSc3nnnn3C)nc12. The third-order valence-electron chi connectivity index (χ3n) is 2.91. The van der Waals surface area contributed by atoms with Crippen molar-refractivity contribution in [2.24, 2.45) is 7.05 Å². The first-order valence-corrected chi connectivity index (χ1v) is 6.97. The normalized spacial score (nSPS) is 11.1. The van der Waals surface area contributed by atoms with Crippen LogP contribution in [0, 0.1) is 6.92 Å². The van der Waals surface area contributed by atoms with E-state index in [9.17, 15) is 4.79 Å². The van der Waals surface area contributed by atoms with E-state index in [1.165, 1.54) is 11.8 Å². The molecule has 0 fully saturated rings. The van der Waals surface area contributed by atoms with Gasteiger partial charge in [-0.1, -0.05) is 23.9 Å². The van der Waals surface area contributed by atoms with Crippen molar-refractivity contribution in [3.05, 3.63) is 39.9 Å². The van der Waals surface area contributed by atoms with Crippen LogP contribution in [0.25, 0.3) is 10.9 Å². The Morgan fingerprint density at radius 1 is 1.40 bits per heavy atom. The summed E-state index contributed by atoms with van der Waals surface area (Å²) < 4.78 is 1.58. The van der Waals surface area contributed by atoms with Gasteiger partial charge in [0, 0.05) is 7.05 Å². The molecule has 0 aliphatic heterocycles. The number of hydrogen-bond acceptors (Lipinski definition) is 6. The van der Waals surface area contributed by atoms with Crippen molar-refractivity contribution < 1.29 is 0 Å². The van der Waals surface area contributed by atoms with Crippen LogP contribution in [0.4, 0.5) is 0 Å². The fraction of sp³-hybridized carbons (Fsp3) is 0.250. The lowest BCUT2D eigenvalue weighted by atomic mass is 10.1. The minimum atomic E-state index is -0.120. The third kappa shape index (κ3) is 2.29. The molecule has 102 valence electrons. The van der Waals surface area contributed by atoms with Crippen molar-refractivity contribution in [2.45, 2.75) is 17.8 Å². The van der Waals surface area contributed by atoms with Crippen molar-refractivity contribution in [1.82, 2.24) is 30.2 Å². The third-order valence-corrected chi connectivity index (χ3v) is 3.93. The second-order valence-corrected chi connectivity index (χ2v) is 5.30. The first kappa shape index (κ1) is 12.8. The Bertz CT molecular complexity index is 824. The lowest BCUT2D eigenvalue weighted by molar-refractivity contribution is 0.664. The van der Waals surface area contributed by atoms with Crippen molar-refractivity contribution in [1.29, 1.82) is 0 Å². The van der Waals surface area contributed by atoms with Crippen LogP contribution in [0.1, 0.15) is 11.4 Å². The van der Waals surface area contributed by atoms with Crippen LogP contribution in [0.15, 0.2) is 28.2 Å². The molecule has 7 nitrogen and oxygen atoms in total. The van der Waals surface area contributed by atoms with Crippen LogP contribution in [0.3, 0.4) is 0 Å². The molecular weight excluding hydrogens is 276 g/mol. The Hall–Kier alpha value is -2.22. The van der Waals surface area contributed by atoms with Crippen LogP contribution >= 0.6 is 11.8 Å². The van der Waals surface area contributed by atoms with Crippen LogP contribution in [-0.2, 0) is 12.8 Å². The van der Waals surface area contributed by atoms with Crippen molar-refractivity contribution in [2.75, 3.05) is 0 Å². The standard InChI is InChI=1S/C12H12N6OS/c1-7-4-3-5-8-10(7)13-9(14-11(8)19)6-20-12-15-16-17-18(12)2/h3-5H,6H2,1-2H3,(H,13,14,19). The molecule has 0 saturated heterocycles. The average Bonchev–Trinajstić information content (AvgIpc) is 2.83. The second kappa shape index (κ2) is 5.04. The summed E-state index contributed by atoms with van der Waals surface area (Å²) in [5, 5.41) is 12.5. The Balaban J connectivity index is 1.95. The number of aromatic amines is 1. The molecule has 0 unspecified atom stereocenters. The van der Waals surface area contributed by atoms with E-state index in [1.54, 1.807) is 17.8 Å². The van der Waals surface area contributed by atoms with Crippen molar-refractivity contribution in [3.63, 3.8) is 0 Å². The molecule has 0 radical (unpaired) electrons. The zero-order valence-electron chi connectivity index (χ0n) is 11.0. The number of nitrogens with one attached hydrogen (secondary N) is 1. The van der Waals surface area contributed by atoms with Crippen LogP contribution in [0.2, 0.25) is 0 Å². The number of fused-ring (bicyclic) bond motifs is 1. The maximum atomic E-state index is 12.0. The highest BCUT2D eigenvalue weighted by atomic mass is 32.2. The second-order valence-electron chi connectivity index (χ2n) is 4.36. The molecule has 0 amide bonds. The van der Waals surface area contributed by atoms with Crippen LogP contribution in [0.5, 0.6) is 0 Å². The van der Waals surface area contributed by atoms with Crippen molar-refractivity contribution in [3.8, 4) is 0 Å². The molecule has 20 heavy (non-hydrogen) atoms. The van der Waals surface area contributed by atoms with E-state index in [0.717, 1.165) is 11.1 Å². The maximum absolute atomic E-state index is 12.0. The molecule has 2 heterocycles. The van der Waals surface area contributed by atoms with Gasteiger partial charge in [0.15, 0.2) is 0 Å². The average molecular weight is 288 g/mol. The molecule has 0 spiro atoms. The van der Waals surface area contributed by atoms with E-state index in [4.69, 9.17) is 0 Å². The summed E-state index contributed by atoms with van der Waals surface area (Å²) in [5.41, 5.74) is 1.61. The minimum absolute atomic E-state index is 0.120. The van der Waals surface area contributed by atoms with Gasteiger partial charge in [-0.2, -0.15) is 0 Å². The number of tetrazole rings is 1. The number of H-pyrrole nitrogens is 1. The van der Waals surface area contributed by atoms with Gasteiger partial charge in [0.05, 0.1) is 16.7 Å². The van der Waals surface area contributed by atoms with Crippen molar-refractivity contribution >= 4 is 22.7 Å². The molecule has 0 bridgehead atoms. The van der Waals surface area contributed by atoms with E-state index in [-0.39, 0.29) is 5.56 Å². The van der Waals surface area contributed by atoms with Gasteiger partial charge in [0.25, 0.3) is 5.56 Å². The van der Waals surface area contributed by atoms with Gasteiger partial charge in [0.2, 0.25) is 5.16 Å². The maximum Gasteiger partial charge on any atom is 0.258 e. The summed E-state index contributed by atoms with van der Waals surface area (Å²) in [4.78, 5) is 19.3. The first-order valence-electron chi connectivity index (χ1n) is 5.99. The lowest BCUT2D eigenvalue weighted by Gasteiger charge is -2.04. The molecule has 1 N–H and O–H groups in total. The van der Waals surface area contributed by atoms with Gasteiger partial charge >= 0.3 is 0 Å². The van der Waals surface area contributed by atoms with E-state index < -0.39 is 0 Å². The van der Waals surface area contributed by atoms with Gasteiger partial charge in [-0.15, -0.1) is 5.10 Å². The summed E-state index contributed by atoms with van der Waals surface area (Å²) in [6, 6.07) is 5.57. The van der Waals surface area contributed by atoms with E-state index in [0.29, 0.717) is 22.1 Å². The number of thioether (sulfide) groups is 1. The van der Waals surface area contributed by atoms with Crippen LogP contribution < -0.4 is 5.56 Å². The Morgan fingerprint density at radius 3 is 3.00 bits per heavy atom. The molecular formula is C12H12N6OS. The highest BCUT2D eigenvalue weighted by Gasteiger charge is 2.08. The molecule has 1 aromatic carbocycles. The Morgan fingerprint density at radius 2 is 2.25 bits per heavy atom. The van der Waals surface area contributed by atoms with Gasteiger partial charge in [-0.05, 0) is 29.0 Å². The summed E-state index contributed by atoms with van der Waals surface area (Å²) in [6.45, 7) is 1.94. The number of aryl methyl sites for hydroxylation is 2. The Kier molecular flexibility index (Phi) is 3.23. The van der Waals surface area contributed by atoms with E-state index >= 15 is 0 Å². The summed E-state index contributed by atoms with van der Waals surface area (Å²) in [5.74, 6) is 1.12. The number of hydrogen-bond donors (Lipinski definition) is 1. The number of benzene rings is 1. The molecule has 2 aromatic heterocycles. The largest absolute Gasteiger partial charge is 0.309 e. The van der Waals surface area contributed by atoms with Crippen LogP contribution in [-0.4, -0.2) is 30.2 Å². The van der Waals surface area contributed by atoms with E-state index in [2.05, 4.69) is 25.5 Å². The fourth-order valence-electron chi connectivity index (χ4n) is 1.90. The lowest BCUT2D eigenvalue weighted by Crippen LogP contribution is -2.12. The summed E-state index contributed by atoms with van der Waals surface area (Å²) in [6.07, 6.45) is 0. The predicted octanol–water partition coefficient (Wildman–Crippen LogP) is 1.05. The quantitative estimate of drug-likeness (QED) is 0.724. The molecule has 0 aliphatic carbocycles. The molecule has 0 aliphatic rings. The molecule has 3 rings (SSSR count). The number of para-hydroxylation sites is 1. The minimum Gasteiger partial charge on any atom is -0.309 e. The molecule has 8 heteroatoms. The fourth-order valence-corrected chi connectivity index (χ4v) is 2.62. The number of aromatic nitrogens is 6. The molecule has 0 saturated carbocycles. The first-order chi connectivity index (χ1) is 9.65. The number of rotatable bonds is 3. The number of nitrogens with zero attached hydrogens (tertiary/aromatic N) is 5. The summed E-state index contributed by atoms with van der Waals surface area (Å²) >= 11 is 1.42. The Labute approximate surface area is 118 Å². The van der Waals surface area contributed by atoms with Gasteiger partial charge in [-0.3, -0.25) is 4.79 Å². The highest BCUT2D eigenvalue weighted by molar-refractivity contribution is 7.98. The zero-order chi connectivity index (χ0) is 14.1. The van der Waals surface area contributed by atoms with Gasteiger partial charge < -0.3 is 4.98 Å². The van der Waals surface area contributed by atoms with Gasteiger partial charge in [0.1, 0.15) is 5.82 Å². The monoisotopic (exact) mass is 288 g/mol. The van der Waals surface area contributed by atoms with Gasteiger partial charge in [-0.25, -0.2) is 9.67 Å². The zero-order valence-corrected chi connectivity index (χ0v) is 11.8. The molecule has 0 atom stereocenters. The highest BCUT2D eigenvalue weighted by Crippen LogP contribution is 2.18.